The monoisotopic (exact) mass is 380 g/mol. The van der Waals surface area contributed by atoms with Crippen LogP contribution in [0.4, 0.5) is 10.5 Å². The van der Waals surface area contributed by atoms with Crippen LogP contribution in [0.1, 0.15) is 12.8 Å². The first-order valence-electron chi connectivity index (χ1n) is 8.13. The van der Waals surface area contributed by atoms with Gasteiger partial charge in [0.1, 0.15) is 6.54 Å². The predicted molar refractivity (Wildman–Crippen MR) is 96.7 cm³/mol. The number of imide groups is 1. The minimum atomic E-state index is -0.349. The molecule has 1 aliphatic heterocycles. The highest BCUT2D eigenvalue weighted by atomic mass is 35.5. The SMILES string of the molecule is CN(CC(=O)Nc1ccc(Cl)cc1)C(=O)CCCN1C(=O)CN(C)C1=O. The number of nitrogens with one attached hydrogen (secondary N) is 1. The van der Waals surface area contributed by atoms with E-state index in [0.717, 1.165) is 4.90 Å². The molecule has 1 saturated heterocycles. The molecule has 2 rings (SSSR count). The van der Waals surface area contributed by atoms with Crippen LogP contribution >= 0.6 is 11.6 Å². The molecule has 8 nitrogen and oxygen atoms in total. The summed E-state index contributed by atoms with van der Waals surface area (Å²) in [6.07, 6.45) is 0.499. The Balaban J connectivity index is 1.73. The molecule has 0 radical (unpaired) electrons. The molecule has 0 spiro atoms. The van der Waals surface area contributed by atoms with E-state index >= 15 is 0 Å². The molecule has 1 aromatic carbocycles. The standard InChI is InChI=1S/C17H21ClN4O4/c1-20(10-14(23)19-13-7-5-12(18)6-8-13)15(24)4-3-9-22-16(25)11-21(2)17(22)26/h5-8H,3-4,9-11H2,1-2H3,(H,19,23). The molecule has 1 fully saturated rings. The number of hydrogen-bond acceptors (Lipinski definition) is 4. The van der Waals surface area contributed by atoms with Gasteiger partial charge in [-0.3, -0.25) is 19.3 Å². The van der Waals surface area contributed by atoms with Crippen molar-refractivity contribution in [1.82, 2.24) is 14.7 Å². The highest BCUT2D eigenvalue weighted by Gasteiger charge is 2.32. The van der Waals surface area contributed by atoms with Crippen molar-refractivity contribution in [2.75, 3.05) is 39.0 Å². The average molecular weight is 381 g/mol. The zero-order chi connectivity index (χ0) is 19.3. The third-order valence-corrected chi connectivity index (χ3v) is 4.19. The lowest BCUT2D eigenvalue weighted by molar-refractivity contribution is -0.133. The molecule has 0 atom stereocenters. The second-order valence-electron chi connectivity index (χ2n) is 6.09. The molecule has 1 heterocycles. The van der Waals surface area contributed by atoms with E-state index < -0.39 is 0 Å². The van der Waals surface area contributed by atoms with Crippen molar-refractivity contribution < 1.29 is 19.2 Å². The van der Waals surface area contributed by atoms with Gasteiger partial charge in [-0.25, -0.2) is 4.79 Å². The van der Waals surface area contributed by atoms with Crippen molar-refractivity contribution in [3.8, 4) is 0 Å². The summed E-state index contributed by atoms with van der Waals surface area (Å²) in [6.45, 7) is 0.169. The summed E-state index contributed by atoms with van der Waals surface area (Å²) >= 11 is 5.78. The summed E-state index contributed by atoms with van der Waals surface area (Å²) in [5, 5.41) is 3.24. The van der Waals surface area contributed by atoms with Gasteiger partial charge in [0.05, 0.1) is 6.54 Å². The molecule has 1 aromatic rings. The number of likely N-dealkylation sites (N-methyl/N-ethyl adjacent to an activating group) is 2. The molecule has 0 aromatic heterocycles. The molecule has 0 bridgehead atoms. The van der Waals surface area contributed by atoms with E-state index in [2.05, 4.69) is 5.32 Å². The average Bonchev–Trinajstić information content (AvgIpc) is 2.82. The van der Waals surface area contributed by atoms with Gasteiger partial charge in [-0.05, 0) is 30.7 Å². The lowest BCUT2D eigenvalue weighted by atomic mass is 10.2. The number of carbonyl (C=O) groups is 4. The number of anilines is 1. The van der Waals surface area contributed by atoms with Crippen LogP contribution in [0.5, 0.6) is 0 Å². The number of nitrogens with zero attached hydrogens (tertiary/aromatic N) is 3. The van der Waals surface area contributed by atoms with E-state index in [1.165, 1.54) is 16.8 Å². The third kappa shape index (κ3) is 5.19. The summed E-state index contributed by atoms with van der Waals surface area (Å²) in [6, 6.07) is 6.30. The Hall–Kier alpha value is -2.61. The van der Waals surface area contributed by atoms with Gasteiger partial charge in [-0.1, -0.05) is 11.6 Å². The Morgan fingerprint density at radius 2 is 1.88 bits per heavy atom. The van der Waals surface area contributed by atoms with Crippen molar-refractivity contribution in [2.45, 2.75) is 12.8 Å². The molecule has 0 aliphatic carbocycles. The fourth-order valence-electron chi connectivity index (χ4n) is 2.51. The van der Waals surface area contributed by atoms with Crippen LogP contribution in [0.25, 0.3) is 0 Å². The van der Waals surface area contributed by atoms with Crippen molar-refractivity contribution >= 4 is 41.0 Å². The predicted octanol–water partition coefficient (Wildman–Crippen LogP) is 1.41. The van der Waals surface area contributed by atoms with Gasteiger partial charge in [0.15, 0.2) is 0 Å². The van der Waals surface area contributed by atoms with Gasteiger partial charge in [0.2, 0.25) is 17.7 Å². The van der Waals surface area contributed by atoms with E-state index in [-0.39, 0.29) is 49.8 Å². The van der Waals surface area contributed by atoms with Crippen LogP contribution in [-0.2, 0) is 14.4 Å². The van der Waals surface area contributed by atoms with E-state index in [1.54, 1.807) is 31.3 Å². The Labute approximate surface area is 156 Å². The zero-order valence-electron chi connectivity index (χ0n) is 14.7. The van der Waals surface area contributed by atoms with E-state index in [4.69, 9.17) is 11.6 Å². The van der Waals surface area contributed by atoms with Crippen LogP contribution in [0.3, 0.4) is 0 Å². The number of amides is 5. The van der Waals surface area contributed by atoms with Gasteiger partial charge in [0.25, 0.3) is 0 Å². The second-order valence-corrected chi connectivity index (χ2v) is 6.53. The quantitative estimate of drug-likeness (QED) is 0.724. The number of hydrogen-bond donors (Lipinski definition) is 1. The summed E-state index contributed by atoms with van der Waals surface area (Å²) in [7, 11) is 3.09. The van der Waals surface area contributed by atoms with E-state index in [1.807, 2.05) is 0 Å². The summed E-state index contributed by atoms with van der Waals surface area (Å²) in [5.74, 6) is -0.820. The lowest BCUT2D eigenvalue weighted by Gasteiger charge is -2.18. The van der Waals surface area contributed by atoms with E-state index in [0.29, 0.717) is 17.1 Å². The fraction of sp³-hybridized carbons (Fsp3) is 0.412. The first-order chi connectivity index (χ1) is 12.3. The Morgan fingerprint density at radius 1 is 1.23 bits per heavy atom. The van der Waals surface area contributed by atoms with Crippen LogP contribution in [0.15, 0.2) is 24.3 Å². The molecule has 5 amide bonds. The molecule has 140 valence electrons. The molecule has 1 N–H and O–H groups in total. The lowest BCUT2D eigenvalue weighted by Crippen LogP contribution is -2.36. The molecule has 26 heavy (non-hydrogen) atoms. The minimum absolute atomic E-state index is 0.0670. The van der Waals surface area contributed by atoms with Gasteiger partial charge in [-0.2, -0.15) is 0 Å². The smallest absolute Gasteiger partial charge is 0.326 e. The molecule has 9 heteroatoms. The first-order valence-corrected chi connectivity index (χ1v) is 8.50. The topological polar surface area (TPSA) is 90.0 Å². The van der Waals surface area contributed by atoms with Crippen LogP contribution < -0.4 is 5.32 Å². The highest BCUT2D eigenvalue weighted by molar-refractivity contribution is 6.30. The maximum atomic E-state index is 12.1. The number of urea groups is 1. The van der Waals surface area contributed by atoms with Crippen LogP contribution in [0.2, 0.25) is 5.02 Å². The van der Waals surface area contributed by atoms with Crippen molar-refractivity contribution in [1.29, 1.82) is 0 Å². The molecule has 0 unspecified atom stereocenters. The minimum Gasteiger partial charge on any atom is -0.336 e. The molecular weight excluding hydrogens is 360 g/mol. The normalized spacial score (nSPS) is 14.0. The fourth-order valence-corrected chi connectivity index (χ4v) is 2.63. The summed E-state index contributed by atoms with van der Waals surface area (Å²) in [5.41, 5.74) is 0.593. The summed E-state index contributed by atoms with van der Waals surface area (Å²) in [4.78, 5) is 51.3. The second kappa shape index (κ2) is 8.66. The molecule has 0 saturated carbocycles. The number of carbonyl (C=O) groups excluding carboxylic acids is 4. The van der Waals surface area contributed by atoms with Gasteiger partial charge >= 0.3 is 6.03 Å². The van der Waals surface area contributed by atoms with Crippen molar-refractivity contribution in [3.05, 3.63) is 29.3 Å². The number of halogens is 1. The first kappa shape index (κ1) is 19.7. The number of rotatable bonds is 7. The maximum absolute atomic E-state index is 12.1. The van der Waals surface area contributed by atoms with Crippen LogP contribution in [-0.4, -0.2) is 72.2 Å². The Bertz CT molecular complexity index is 707. The van der Waals surface area contributed by atoms with Crippen molar-refractivity contribution in [3.63, 3.8) is 0 Å². The van der Waals surface area contributed by atoms with Crippen molar-refractivity contribution in [2.24, 2.45) is 0 Å². The largest absolute Gasteiger partial charge is 0.336 e. The molecule has 1 aliphatic rings. The number of benzene rings is 1. The highest BCUT2D eigenvalue weighted by Crippen LogP contribution is 2.13. The van der Waals surface area contributed by atoms with Crippen LogP contribution in [0, 0.1) is 0 Å². The Kier molecular flexibility index (Phi) is 6.57. The van der Waals surface area contributed by atoms with Gasteiger partial charge in [0, 0.05) is 37.8 Å². The third-order valence-electron chi connectivity index (χ3n) is 3.94. The molecular formula is C17H21ClN4O4. The zero-order valence-corrected chi connectivity index (χ0v) is 15.5. The van der Waals surface area contributed by atoms with Gasteiger partial charge < -0.3 is 15.1 Å². The van der Waals surface area contributed by atoms with E-state index in [9.17, 15) is 19.2 Å². The Morgan fingerprint density at radius 3 is 2.46 bits per heavy atom. The van der Waals surface area contributed by atoms with Gasteiger partial charge in [-0.15, -0.1) is 0 Å². The summed E-state index contributed by atoms with van der Waals surface area (Å²) < 4.78 is 0. The maximum Gasteiger partial charge on any atom is 0.326 e.